The quantitative estimate of drug-likeness (QED) is 0.0216. The van der Waals surface area contributed by atoms with Crippen LogP contribution in [0.2, 0.25) is 0 Å². The first kappa shape index (κ1) is 74.0. The summed E-state index contributed by atoms with van der Waals surface area (Å²) in [6.45, 7) is 1.85. The molecule has 31 heteroatoms. The van der Waals surface area contributed by atoms with Crippen molar-refractivity contribution >= 4 is 29.5 Å². The summed E-state index contributed by atoms with van der Waals surface area (Å²) in [5.74, 6) is -3.59. The lowest BCUT2D eigenvalue weighted by Gasteiger charge is -2.51. The molecular formula is C56H97N5O26. The fourth-order valence-electron chi connectivity index (χ4n) is 11.4. The molecule has 31 nitrogen and oxygen atoms in total. The molecule has 0 saturated carbocycles. The summed E-state index contributed by atoms with van der Waals surface area (Å²) in [7, 11) is 0. The van der Waals surface area contributed by atoms with Crippen molar-refractivity contribution in [2.45, 2.75) is 278 Å². The summed E-state index contributed by atoms with van der Waals surface area (Å²) in [6.07, 6.45) is -17.1. The SMILES string of the molecule is CCCCCC/C=C\CCCCCCCCCC(=O)NC1C(OC2C(CO)OC(OC3C(CO)OC(OC4C(CO)OC(OC5C(CO)OC(O)C(NC(C)=O)C5O)C(NC(C)=O)C4O)C(NC(C)=O)C3O)C(NC(C)=O)C2O)OC(CO)C(O)C1O. The monoisotopic (exact) mass is 1260 g/mol. The zero-order chi connectivity index (χ0) is 64.1. The molecule has 87 heavy (non-hydrogen) atoms. The minimum atomic E-state index is -2.01. The topological polar surface area (TPSA) is 471 Å². The highest BCUT2D eigenvalue weighted by Gasteiger charge is 2.57. The maximum Gasteiger partial charge on any atom is 0.220 e. The molecule has 0 bridgehead atoms. The van der Waals surface area contributed by atoms with Crippen LogP contribution in [-0.4, -0.2) is 277 Å². The summed E-state index contributed by atoms with van der Waals surface area (Å²) >= 11 is 0. The molecule has 25 atom stereocenters. The van der Waals surface area contributed by atoms with Gasteiger partial charge in [-0.15, -0.1) is 0 Å². The van der Waals surface area contributed by atoms with E-state index in [0.29, 0.717) is 6.42 Å². The molecule has 25 unspecified atom stereocenters. The standard InChI is InChI=1S/C56H97N5O26/c1-6-7-8-9-10-11-12-13-14-15-16-17-18-19-20-21-36(71)61-38-43(73)42(72)31(22-62)80-53(38)85-49-33(24-64)82-55(40(45(49)75)59-29(4)69)87-51-35(26-66)83-56(41(47(51)77)60-30(5)70)86-50-34(25-65)81-54(39(46(50)76)58-28(3)68)84-48-32(23-63)79-52(78)37(44(48)74)57-27(2)67/h11-12,31-35,37-56,62-66,72-78H,6-10,13-26H2,1-5H3,(H,57,67)(H,58,68)(H,59,69)(H,60,70)(H,61,71)/b12-11-. The van der Waals surface area contributed by atoms with E-state index in [2.05, 4.69) is 45.7 Å². The molecule has 0 aromatic carbocycles. The number of amides is 5. The zero-order valence-electron chi connectivity index (χ0n) is 50.1. The lowest BCUT2D eigenvalue weighted by molar-refractivity contribution is -0.367. The number of rotatable bonds is 33. The van der Waals surface area contributed by atoms with Crippen LogP contribution in [0, 0.1) is 0 Å². The number of carbonyl (C=O) groups excluding carboxylic acids is 5. The molecule has 5 amide bonds. The third-order valence-electron chi connectivity index (χ3n) is 16.0. The van der Waals surface area contributed by atoms with Crippen LogP contribution in [0.1, 0.15) is 125 Å². The van der Waals surface area contributed by atoms with Gasteiger partial charge in [0.25, 0.3) is 0 Å². The van der Waals surface area contributed by atoms with Gasteiger partial charge in [-0.25, -0.2) is 0 Å². The largest absolute Gasteiger partial charge is 0.394 e. The highest BCUT2D eigenvalue weighted by molar-refractivity contribution is 5.76. The predicted octanol–water partition coefficient (Wildman–Crippen LogP) is -5.19. The Labute approximate surface area is 505 Å². The summed E-state index contributed by atoms with van der Waals surface area (Å²) < 4.78 is 53.9. The van der Waals surface area contributed by atoms with Crippen LogP contribution < -0.4 is 26.6 Å². The predicted molar refractivity (Wildman–Crippen MR) is 298 cm³/mol. The molecule has 0 spiro atoms. The Morgan fingerprint density at radius 3 is 1.02 bits per heavy atom. The minimum Gasteiger partial charge on any atom is -0.394 e. The second kappa shape index (κ2) is 36.9. The van der Waals surface area contributed by atoms with Crippen molar-refractivity contribution in [1.82, 2.24) is 26.6 Å². The number of nitrogens with one attached hydrogen (secondary N) is 5. The van der Waals surface area contributed by atoms with E-state index in [-0.39, 0.29) is 6.42 Å². The highest BCUT2D eigenvalue weighted by atomic mass is 16.8. The molecule has 0 radical (unpaired) electrons. The number of carbonyl (C=O) groups is 5. The Balaban J connectivity index is 1.28. The van der Waals surface area contributed by atoms with Crippen LogP contribution in [0.5, 0.6) is 0 Å². The van der Waals surface area contributed by atoms with Gasteiger partial charge in [0.1, 0.15) is 122 Å². The fourth-order valence-corrected chi connectivity index (χ4v) is 11.4. The van der Waals surface area contributed by atoms with Gasteiger partial charge < -0.3 is 130 Å². The van der Waals surface area contributed by atoms with Crippen molar-refractivity contribution in [2.75, 3.05) is 33.0 Å². The van der Waals surface area contributed by atoms with Gasteiger partial charge in [-0.05, 0) is 32.1 Å². The molecule has 5 rings (SSSR count). The van der Waals surface area contributed by atoms with E-state index in [0.717, 1.165) is 79.1 Å². The molecule has 5 heterocycles. The van der Waals surface area contributed by atoms with E-state index in [9.17, 15) is 85.3 Å². The molecular weight excluding hydrogens is 1160 g/mol. The van der Waals surface area contributed by atoms with E-state index in [1.54, 1.807) is 0 Å². The normalized spacial score (nSPS) is 38.1. The summed E-state index contributed by atoms with van der Waals surface area (Å²) in [5, 5.41) is 145. The zero-order valence-corrected chi connectivity index (χ0v) is 50.1. The molecule has 5 saturated heterocycles. The summed E-state index contributed by atoms with van der Waals surface area (Å²) in [5.41, 5.74) is 0. The average Bonchev–Trinajstić information content (AvgIpc) is 1.10. The number of allylic oxidation sites excluding steroid dienone is 2. The van der Waals surface area contributed by atoms with Gasteiger partial charge in [0.15, 0.2) is 31.5 Å². The number of ether oxygens (including phenoxy) is 9. The molecule has 0 aromatic heterocycles. The molecule has 5 fully saturated rings. The maximum atomic E-state index is 13.4. The number of hydrogen-bond acceptors (Lipinski definition) is 26. The lowest BCUT2D eigenvalue weighted by atomic mass is 9.93. The summed E-state index contributed by atoms with van der Waals surface area (Å²) in [6, 6.07) is -8.09. The van der Waals surface area contributed by atoms with Crippen molar-refractivity contribution in [3.05, 3.63) is 12.2 Å². The minimum absolute atomic E-state index is 0.0287. The van der Waals surface area contributed by atoms with E-state index in [1.807, 2.05) is 0 Å². The lowest BCUT2D eigenvalue weighted by Crippen LogP contribution is -2.72. The second-order valence-corrected chi connectivity index (χ2v) is 22.8. The first-order valence-corrected chi connectivity index (χ1v) is 30.3. The molecule has 0 aromatic rings. The Hall–Kier alpha value is -3.75. The Bertz CT molecular complexity index is 2130. The van der Waals surface area contributed by atoms with Gasteiger partial charge in [0.05, 0.1) is 33.0 Å². The van der Waals surface area contributed by atoms with Gasteiger partial charge in [-0.1, -0.05) is 70.4 Å². The second-order valence-electron chi connectivity index (χ2n) is 22.8. The van der Waals surface area contributed by atoms with Crippen molar-refractivity contribution in [2.24, 2.45) is 0 Å². The van der Waals surface area contributed by atoms with Gasteiger partial charge in [-0.2, -0.15) is 0 Å². The fraction of sp³-hybridized carbons (Fsp3) is 0.875. The smallest absolute Gasteiger partial charge is 0.220 e. The van der Waals surface area contributed by atoms with Crippen LogP contribution in [0.4, 0.5) is 0 Å². The molecule has 502 valence electrons. The third kappa shape index (κ3) is 20.9. The maximum absolute atomic E-state index is 13.4. The Kier molecular flexibility index (Phi) is 31.4. The van der Waals surface area contributed by atoms with Gasteiger partial charge in [-0.3, -0.25) is 24.0 Å². The van der Waals surface area contributed by atoms with Crippen molar-refractivity contribution in [1.29, 1.82) is 0 Å². The van der Waals surface area contributed by atoms with Crippen molar-refractivity contribution in [3.63, 3.8) is 0 Å². The first-order valence-electron chi connectivity index (χ1n) is 30.3. The van der Waals surface area contributed by atoms with Crippen LogP contribution in [0.15, 0.2) is 12.2 Å². The van der Waals surface area contributed by atoms with E-state index in [1.165, 1.54) is 25.7 Å². The third-order valence-corrected chi connectivity index (χ3v) is 16.0. The highest BCUT2D eigenvalue weighted by Crippen LogP contribution is 2.36. The number of unbranched alkanes of at least 4 members (excludes halogenated alkanes) is 11. The Morgan fingerprint density at radius 2 is 0.667 bits per heavy atom. The van der Waals surface area contributed by atoms with Gasteiger partial charge in [0, 0.05) is 34.1 Å². The van der Waals surface area contributed by atoms with Crippen LogP contribution in [0.25, 0.3) is 0 Å². The Morgan fingerprint density at radius 1 is 0.368 bits per heavy atom. The molecule has 5 aliphatic rings. The number of aliphatic hydroxyl groups is 12. The van der Waals surface area contributed by atoms with Crippen molar-refractivity contribution < 1.29 is 128 Å². The number of hydrogen-bond donors (Lipinski definition) is 17. The summed E-state index contributed by atoms with van der Waals surface area (Å²) in [4.78, 5) is 63.5. The van der Waals surface area contributed by atoms with Gasteiger partial charge >= 0.3 is 0 Å². The average molecular weight is 1260 g/mol. The van der Waals surface area contributed by atoms with Crippen molar-refractivity contribution in [3.8, 4) is 0 Å². The van der Waals surface area contributed by atoms with E-state index < -0.39 is 216 Å². The van der Waals surface area contributed by atoms with E-state index >= 15 is 0 Å². The van der Waals surface area contributed by atoms with E-state index in [4.69, 9.17) is 42.6 Å². The molecule has 0 aliphatic carbocycles. The number of aliphatic hydroxyl groups excluding tert-OH is 12. The molecule has 5 aliphatic heterocycles. The van der Waals surface area contributed by atoms with Crippen LogP contribution in [-0.2, 0) is 66.6 Å². The first-order chi connectivity index (χ1) is 41.5. The van der Waals surface area contributed by atoms with Crippen LogP contribution in [0.3, 0.4) is 0 Å². The van der Waals surface area contributed by atoms with Gasteiger partial charge in [0.2, 0.25) is 29.5 Å². The molecule has 17 N–H and O–H groups in total. The van der Waals surface area contributed by atoms with Crippen LogP contribution >= 0.6 is 0 Å².